The SMILES string of the molecule is CCOc1c(Br)cc(CO)cc1OC. The van der Waals surface area contributed by atoms with Crippen molar-refractivity contribution in [1.82, 2.24) is 0 Å². The molecule has 0 saturated carbocycles. The van der Waals surface area contributed by atoms with E-state index in [1.165, 1.54) is 0 Å². The molecule has 0 fully saturated rings. The summed E-state index contributed by atoms with van der Waals surface area (Å²) < 4.78 is 11.4. The van der Waals surface area contributed by atoms with Crippen LogP contribution in [0.5, 0.6) is 11.5 Å². The first-order valence-electron chi connectivity index (χ1n) is 4.33. The standard InChI is InChI=1S/C10H13BrO3/c1-3-14-10-8(11)4-7(6-12)5-9(10)13-2/h4-5,12H,3,6H2,1-2H3. The van der Waals surface area contributed by atoms with Crippen molar-refractivity contribution in [2.75, 3.05) is 13.7 Å². The number of methoxy groups -OCH3 is 1. The van der Waals surface area contributed by atoms with Gasteiger partial charge in [-0.3, -0.25) is 0 Å². The van der Waals surface area contributed by atoms with Gasteiger partial charge >= 0.3 is 0 Å². The second kappa shape index (κ2) is 5.22. The van der Waals surface area contributed by atoms with Crippen LogP contribution in [0.25, 0.3) is 0 Å². The molecule has 1 N–H and O–H groups in total. The van der Waals surface area contributed by atoms with Gasteiger partial charge in [0.1, 0.15) is 0 Å². The first-order chi connectivity index (χ1) is 6.72. The van der Waals surface area contributed by atoms with Gasteiger partial charge in [-0.15, -0.1) is 0 Å². The van der Waals surface area contributed by atoms with Crippen LogP contribution in [0.4, 0.5) is 0 Å². The highest BCUT2D eigenvalue weighted by Gasteiger charge is 2.10. The predicted molar refractivity (Wildman–Crippen MR) is 57.8 cm³/mol. The van der Waals surface area contributed by atoms with E-state index in [0.717, 1.165) is 10.0 Å². The summed E-state index contributed by atoms with van der Waals surface area (Å²) in [6.45, 7) is 2.47. The Hall–Kier alpha value is -0.740. The van der Waals surface area contributed by atoms with E-state index in [1.54, 1.807) is 13.2 Å². The molecule has 3 nitrogen and oxygen atoms in total. The summed E-state index contributed by atoms with van der Waals surface area (Å²) in [6.07, 6.45) is 0. The topological polar surface area (TPSA) is 38.7 Å². The van der Waals surface area contributed by atoms with Crippen LogP contribution in [-0.4, -0.2) is 18.8 Å². The van der Waals surface area contributed by atoms with Gasteiger partial charge in [0.15, 0.2) is 11.5 Å². The largest absolute Gasteiger partial charge is 0.493 e. The van der Waals surface area contributed by atoms with Gasteiger partial charge in [-0.1, -0.05) is 0 Å². The fourth-order valence-electron chi connectivity index (χ4n) is 1.15. The molecule has 0 heterocycles. The van der Waals surface area contributed by atoms with Crippen LogP contribution in [0.2, 0.25) is 0 Å². The molecule has 0 aliphatic rings. The van der Waals surface area contributed by atoms with E-state index in [9.17, 15) is 0 Å². The predicted octanol–water partition coefficient (Wildman–Crippen LogP) is 2.35. The molecule has 4 heteroatoms. The Balaban J connectivity index is 3.13. The van der Waals surface area contributed by atoms with E-state index < -0.39 is 0 Å². The van der Waals surface area contributed by atoms with Gasteiger partial charge in [-0.25, -0.2) is 0 Å². The van der Waals surface area contributed by atoms with E-state index in [-0.39, 0.29) is 6.61 Å². The molecule has 0 aliphatic heterocycles. The lowest BCUT2D eigenvalue weighted by Crippen LogP contribution is -1.97. The van der Waals surface area contributed by atoms with Gasteiger partial charge in [0.25, 0.3) is 0 Å². The summed E-state index contributed by atoms with van der Waals surface area (Å²) in [5.41, 5.74) is 0.789. The van der Waals surface area contributed by atoms with E-state index >= 15 is 0 Å². The molecule has 0 atom stereocenters. The minimum atomic E-state index is -0.0125. The average Bonchev–Trinajstić information content (AvgIpc) is 2.20. The average molecular weight is 261 g/mol. The van der Waals surface area contributed by atoms with Gasteiger partial charge in [0.05, 0.1) is 24.8 Å². The van der Waals surface area contributed by atoms with Gasteiger partial charge in [0, 0.05) is 0 Å². The molecule has 14 heavy (non-hydrogen) atoms. The number of hydrogen-bond donors (Lipinski definition) is 1. The first-order valence-corrected chi connectivity index (χ1v) is 5.12. The first kappa shape index (κ1) is 11.3. The molecule has 78 valence electrons. The second-order valence-corrected chi connectivity index (χ2v) is 3.55. The molecule has 0 spiro atoms. The number of rotatable bonds is 4. The second-order valence-electron chi connectivity index (χ2n) is 2.70. The van der Waals surface area contributed by atoms with Crippen molar-refractivity contribution in [1.29, 1.82) is 0 Å². The van der Waals surface area contributed by atoms with Crippen LogP contribution in [0, 0.1) is 0 Å². The zero-order chi connectivity index (χ0) is 10.6. The number of aliphatic hydroxyl groups excluding tert-OH is 1. The molecular weight excluding hydrogens is 248 g/mol. The monoisotopic (exact) mass is 260 g/mol. The number of benzene rings is 1. The summed E-state index contributed by atoms with van der Waals surface area (Å²) in [4.78, 5) is 0. The summed E-state index contributed by atoms with van der Waals surface area (Å²) in [7, 11) is 1.57. The Morgan fingerprint density at radius 1 is 1.43 bits per heavy atom. The molecule has 1 rings (SSSR count). The normalized spacial score (nSPS) is 10.0. The smallest absolute Gasteiger partial charge is 0.175 e. The van der Waals surface area contributed by atoms with Gasteiger partial charge in [-0.2, -0.15) is 0 Å². The van der Waals surface area contributed by atoms with Crippen LogP contribution < -0.4 is 9.47 Å². The van der Waals surface area contributed by atoms with Crippen LogP contribution in [0.15, 0.2) is 16.6 Å². The molecule has 0 aliphatic carbocycles. The molecule has 1 aromatic rings. The molecule has 0 unspecified atom stereocenters. The van der Waals surface area contributed by atoms with Crippen LogP contribution in [-0.2, 0) is 6.61 Å². The van der Waals surface area contributed by atoms with Gasteiger partial charge in [0.2, 0.25) is 0 Å². The van der Waals surface area contributed by atoms with Crippen molar-refractivity contribution in [3.05, 3.63) is 22.2 Å². The Bertz CT molecular complexity index is 312. The lowest BCUT2D eigenvalue weighted by Gasteiger charge is -2.12. The third kappa shape index (κ3) is 2.39. The van der Waals surface area contributed by atoms with Crippen molar-refractivity contribution in [2.24, 2.45) is 0 Å². The van der Waals surface area contributed by atoms with Gasteiger partial charge in [-0.05, 0) is 40.5 Å². The summed E-state index contributed by atoms with van der Waals surface area (Å²) in [5.74, 6) is 1.30. The molecule has 0 amide bonds. The maximum Gasteiger partial charge on any atom is 0.175 e. The van der Waals surface area contributed by atoms with Crippen molar-refractivity contribution in [3.8, 4) is 11.5 Å². The van der Waals surface area contributed by atoms with Crippen molar-refractivity contribution in [2.45, 2.75) is 13.5 Å². The minimum absolute atomic E-state index is 0.0125. The van der Waals surface area contributed by atoms with Crippen LogP contribution >= 0.6 is 15.9 Å². The molecule has 0 bridgehead atoms. The fraction of sp³-hybridized carbons (Fsp3) is 0.400. The third-order valence-corrected chi connectivity index (χ3v) is 2.35. The number of halogens is 1. The Morgan fingerprint density at radius 3 is 2.64 bits per heavy atom. The minimum Gasteiger partial charge on any atom is -0.493 e. The molecule has 0 aromatic heterocycles. The van der Waals surface area contributed by atoms with Crippen LogP contribution in [0.1, 0.15) is 12.5 Å². The molecule has 0 radical (unpaired) electrons. The highest BCUT2D eigenvalue weighted by atomic mass is 79.9. The number of hydrogen-bond acceptors (Lipinski definition) is 3. The Labute approximate surface area is 91.8 Å². The van der Waals surface area contributed by atoms with E-state index in [4.69, 9.17) is 14.6 Å². The quantitative estimate of drug-likeness (QED) is 0.904. The summed E-state index contributed by atoms with van der Waals surface area (Å²) in [5, 5.41) is 8.99. The zero-order valence-electron chi connectivity index (χ0n) is 8.21. The van der Waals surface area contributed by atoms with Crippen molar-refractivity contribution >= 4 is 15.9 Å². The third-order valence-electron chi connectivity index (χ3n) is 1.76. The lowest BCUT2D eigenvalue weighted by molar-refractivity contribution is 0.278. The maximum absolute atomic E-state index is 8.99. The highest BCUT2D eigenvalue weighted by Crippen LogP contribution is 2.36. The van der Waals surface area contributed by atoms with E-state index in [0.29, 0.717) is 18.1 Å². The van der Waals surface area contributed by atoms with E-state index in [2.05, 4.69) is 15.9 Å². The summed E-state index contributed by atoms with van der Waals surface area (Å²) in [6, 6.07) is 3.57. The van der Waals surface area contributed by atoms with Gasteiger partial charge < -0.3 is 14.6 Å². The lowest BCUT2D eigenvalue weighted by atomic mass is 10.2. The maximum atomic E-state index is 8.99. The molecule has 1 aromatic carbocycles. The van der Waals surface area contributed by atoms with Crippen LogP contribution in [0.3, 0.4) is 0 Å². The molecule has 0 saturated heterocycles. The summed E-state index contributed by atoms with van der Waals surface area (Å²) >= 11 is 3.36. The number of aliphatic hydroxyl groups is 1. The molecular formula is C10H13BrO3. The fourth-order valence-corrected chi connectivity index (χ4v) is 1.75. The van der Waals surface area contributed by atoms with Crippen molar-refractivity contribution in [3.63, 3.8) is 0 Å². The van der Waals surface area contributed by atoms with E-state index in [1.807, 2.05) is 13.0 Å². The highest BCUT2D eigenvalue weighted by molar-refractivity contribution is 9.10. The Kier molecular flexibility index (Phi) is 4.22. The van der Waals surface area contributed by atoms with Crippen molar-refractivity contribution < 1.29 is 14.6 Å². The Morgan fingerprint density at radius 2 is 2.14 bits per heavy atom. The zero-order valence-corrected chi connectivity index (χ0v) is 9.80. The number of ether oxygens (including phenoxy) is 2.